The molecule has 0 aromatic rings. The summed E-state index contributed by atoms with van der Waals surface area (Å²) in [6, 6.07) is 0.270. The normalized spacial score (nSPS) is 30.9. The van der Waals surface area contributed by atoms with Gasteiger partial charge in [-0.1, -0.05) is 6.42 Å². The summed E-state index contributed by atoms with van der Waals surface area (Å²) in [5.41, 5.74) is 0. The number of aliphatic hydroxyl groups excluding tert-OH is 1. The van der Waals surface area contributed by atoms with E-state index in [2.05, 4.69) is 5.32 Å². The molecule has 4 heteroatoms. The molecule has 15 heavy (non-hydrogen) atoms. The predicted octanol–water partition coefficient (Wildman–Crippen LogP) is 0.989. The molecule has 0 spiro atoms. The second-order valence-corrected chi connectivity index (χ2v) is 4.59. The van der Waals surface area contributed by atoms with Gasteiger partial charge in [-0.3, -0.25) is 4.79 Å². The Hall–Kier alpha value is -0.610. The number of carbonyl (C=O) groups is 1. The van der Waals surface area contributed by atoms with Crippen LogP contribution in [0.25, 0.3) is 0 Å². The predicted molar refractivity (Wildman–Crippen MR) is 57.7 cm³/mol. The zero-order valence-corrected chi connectivity index (χ0v) is 9.44. The SMILES string of the molecule is CC(O)C(C)NC1CCCC(C(=O)O)C1. The van der Waals surface area contributed by atoms with E-state index in [1.165, 1.54) is 0 Å². The van der Waals surface area contributed by atoms with Crippen molar-refractivity contribution in [3.05, 3.63) is 0 Å². The van der Waals surface area contributed by atoms with Crippen molar-refractivity contribution < 1.29 is 15.0 Å². The Morgan fingerprint density at radius 2 is 2.07 bits per heavy atom. The molecular formula is C11H21NO3. The summed E-state index contributed by atoms with van der Waals surface area (Å²) in [7, 11) is 0. The number of hydrogen-bond donors (Lipinski definition) is 3. The maximum atomic E-state index is 10.8. The molecule has 0 saturated heterocycles. The van der Waals surface area contributed by atoms with Gasteiger partial charge in [-0.2, -0.15) is 0 Å². The van der Waals surface area contributed by atoms with Crippen molar-refractivity contribution in [2.75, 3.05) is 0 Å². The number of carboxylic acids is 1. The summed E-state index contributed by atoms with van der Waals surface area (Å²) < 4.78 is 0. The van der Waals surface area contributed by atoms with E-state index in [9.17, 15) is 9.90 Å². The summed E-state index contributed by atoms with van der Waals surface area (Å²) in [5, 5.41) is 21.6. The molecule has 0 radical (unpaired) electrons. The van der Waals surface area contributed by atoms with Gasteiger partial charge in [0.25, 0.3) is 0 Å². The molecule has 4 unspecified atom stereocenters. The fourth-order valence-corrected chi connectivity index (χ4v) is 2.08. The first kappa shape index (κ1) is 12.5. The van der Waals surface area contributed by atoms with Crippen molar-refractivity contribution in [3.63, 3.8) is 0 Å². The molecule has 0 amide bonds. The lowest BCUT2D eigenvalue weighted by atomic mass is 9.85. The first-order chi connectivity index (χ1) is 7.00. The highest BCUT2D eigenvalue weighted by Gasteiger charge is 2.27. The smallest absolute Gasteiger partial charge is 0.306 e. The molecule has 1 rings (SSSR count). The van der Waals surface area contributed by atoms with Crippen LogP contribution in [0.3, 0.4) is 0 Å². The molecule has 88 valence electrons. The maximum Gasteiger partial charge on any atom is 0.306 e. The van der Waals surface area contributed by atoms with Crippen LogP contribution in [0, 0.1) is 5.92 Å². The topological polar surface area (TPSA) is 69.6 Å². The summed E-state index contributed by atoms with van der Waals surface area (Å²) in [4.78, 5) is 10.8. The molecule has 1 aliphatic carbocycles. The Bertz CT molecular complexity index is 218. The van der Waals surface area contributed by atoms with Gasteiger partial charge >= 0.3 is 5.97 Å². The molecular weight excluding hydrogens is 194 g/mol. The summed E-state index contributed by atoms with van der Waals surface area (Å²) in [6.07, 6.45) is 3.06. The van der Waals surface area contributed by atoms with Crippen LogP contribution < -0.4 is 5.32 Å². The fourth-order valence-electron chi connectivity index (χ4n) is 2.08. The standard InChI is InChI=1S/C11H21NO3/c1-7(8(2)13)12-10-5-3-4-9(6-10)11(14)15/h7-10,12-13H,3-6H2,1-2H3,(H,14,15). The van der Waals surface area contributed by atoms with Crippen LogP contribution in [0.1, 0.15) is 39.5 Å². The largest absolute Gasteiger partial charge is 0.481 e. The molecule has 0 aromatic carbocycles. The van der Waals surface area contributed by atoms with Gasteiger partial charge < -0.3 is 15.5 Å². The van der Waals surface area contributed by atoms with Crippen molar-refractivity contribution >= 4 is 5.97 Å². The van der Waals surface area contributed by atoms with Crippen molar-refractivity contribution in [1.82, 2.24) is 5.32 Å². The van der Waals surface area contributed by atoms with E-state index in [0.717, 1.165) is 19.3 Å². The van der Waals surface area contributed by atoms with E-state index in [0.29, 0.717) is 6.42 Å². The zero-order chi connectivity index (χ0) is 11.4. The Morgan fingerprint density at radius 1 is 1.40 bits per heavy atom. The van der Waals surface area contributed by atoms with Crippen LogP contribution in [0.15, 0.2) is 0 Å². The second-order valence-electron chi connectivity index (χ2n) is 4.59. The fraction of sp³-hybridized carbons (Fsp3) is 0.909. The summed E-state index contributed by atoms with van der Waals surface area (Å²) in [6.45, 7) is 3.67. The minimum Gasteiger partial charge on any atom is -0.481 e. The molecule has 0 bridgehead atoms. The number of aliphatic hydroxyl groups is 1. The molecule has 0 aliphatic heterocycles. The van der Waals surface area contributed by atoms with Crippen LogP contribution in [0.4, 0.5) is 0 Å². The van der Waals surface area contributed by atoms with Crippen LogP contribution in [0.5, 0.6) is 0 Å². The molecule has 0 heterocycles. The molecule has 0 aromatic heterocycles. The zero-order valence-electron chi connectivity index (χ0n) is 9.44. The van der Waals surface area contributed by atoms with Gasteiger partial charge in [0.05, 0.1) is 12.0 Å². The van der Waals surface area contributed by atoms with Crippen molar-refractivity contribution in [3.8, 4) is 0 Å². The Morgan fingerprint density at radius 3 is 2.60 bits per heavy atom. The van der Waals surface area contributed by atoms with Gasteiger partial charge in [0, 0.05) is 12.1 Å². The Balaban J connectivity index is 2.39. The Kier molecular flexibility index (Phi) is 4.54. The third kappa shape index (κ3) is 3.80. The molecule has 1 saturated carbocycles. The monoisotopic (exact) mass is 215 g/mol. The van der Waals surface area contributed by atoms with Gasteiger partial charge in [-0.15, -0.1) is 0 Å². The average Bonchev–Trinajstić information content (AvgIpc) is 2.18. The lowest BCUT2D eigenvalue weighted by Crippen LogP contribution is -2.45. The van der Waals surface area contributed by atoms with Crippen LogP contribution in [-0.4, -0.2) is 34.4 Å². The quantitative estimate of drug-likeness (QED) is 0.654. The van der Waals surface area contributed by atoms with E-state index in [1.807, 2.05) is 6.92 Å². The van der Waals surface area contributed by atoms with Crippen LogP contribution >= 0.6 is 0 Å². The number of rotatable bonds is 4. The lowest BCUT2D eigenvalue weighted by Gasteiger charge is -2.30. The number of nitrogens with one attached hydrogen (secondary N) is 1. The van der Waals surface area contributed by atoms with E-state index in [4.69, 9.17) is 5.11 Å². The first-order valence-corrected chi connectivity index (χ1v) is 5.67. The van der Waals surface area contributed by atoms with Crippen LogP contribution in [-0.2, 0) is 4.79 Å². The molecule has 1 aliphatic rings. The van der Waals surface area contributed by atoms with Gasteiger partial charge in [0.15, 0.2) is 0 Å². The molecule has 4 nitrogen and oxygen atoms in total. The van der Waals surface area contributed by atoms with E-state index >= 15 is 0 Å². The van der Waals surface area contributed by atoms with Crippen molar-refractivity contribution in [2.45, 2.75) is 57.7 Å². The highest BCUT2D eigenvalue weighted by Crippen LogP contribution is 2.24. The van der Waals surface area contributed by atoms with Crippen molar-refractivity contribution in [1.29, 1.82) is 0 Å². The third-order valence-electron chi connectivity index (χ3n) is 3.25. The number of aliphatic carboxylic acids is 1. The molecule has 1 fully saturated rings. The van der Waals surface area contributed by atoms with Gasteiger partial charge in [0.2, 0.25) is 0 Å². The maximum absolute atomic E-state index is 10.8. The number of hydrogen-bond acceptors (Lipinski definition) is 3. The third-order valence-corrected chi connectivity index (χ3v) is 3.25. The highest BCUT2D eigenvalue weighted by molar-refractivity contribution is 5.70. The molecule has 4 atom stereocenters. The van der Waals surface area contributed by atoms with E-state index in [-0.39, 0.29) is 18.0 Å². The van der Waals surface area contributed by atoms with Crippen molar-refractivity contribution in [2.24, 2.45) is 5.92 Å². The second kappa shape index (κ2) is 5.47. The Labute approximate surface area is 90.7 Å². The molecule has 3 N–H and O–H groups in total. The lowest BCUT2D eigenvalue weighted by molar-refractivity contribution is -0.143. The van der Waals surface area contributed by atoms with E-state index < -0.39 is 12.1 Å². The summed E-state index contributed by atoms with van der Waals surface area (Å²) in [5.74, 6) is -0.899. The minimum absolute atomic E-state index is 0.0301. The first-order valence-electron chi connectivity index (χ1n) is 5.67. The number of carboxylic acid groups (broad SMARTS) is 1. The van der Waals surface area contributed by atoms with E-state index in [1.54, 1.807) is 6.92 Å². The van der Waals surface area contributed by atoms with Crippen LogP contribution in [0.2, 0.25) is 0 Å². The van der Waals surface area contributed by atoms with Gasteiger partial charge in [-0.25, -0.2) is 0 Å². The van der Waals surface area contributed by atoms with Gasteiger partial charge in [-0.05, 0) is 33.1 Å². The minimum atomic E-state index is -0.689. The average molecular weight is 215 g/mol. The summed E-state index contributed by atoms with van der Waals surface area (Å²) >= 11 is 0. The van der Waals surface area contributed by atoms with Gasteiger partial charge in [0.1, 0.15) is 0 Å². The highest BCUT2D eigenvalue weighted by atomic mass is 16.4.